The van der Waals surface area contributed by atoms with Crippen molar-refractivity contribution in [3.63, 3.8) is 0 Å². The van der Waals surface area contributed by atoms with Crippen molar-refractivity contribution in [2.24, 2.45) is 0 Å². The highest BCUT2D eigenvalue weighted by Gasteiger charge is 2.32. The van der Waals surface area contributed by atoms with Gasteiger partial charge in [-0.3, -0.25) is 0 Å². The molecule has 0 fully saturated rings. The zero-order chi connectivity index (χ0) is 14.2. The van der Waals surface area contributed by atoms with Crippen molar-refractivity contribution in [1.29, 1.82) is 0 Å². The molecule has 0 aromatic heterocycles. The Morgan fingerprint density at radius 3 is 2.68 bits per heavy atom. The molecule has 1 aromatic carbocycles. The van der Waals surface area contributed by atoms with Gasteiger partial charge in [0.2, 0.25) is 0 Å². The van der Waals surface area contributed by atoms with Crippen LogP contribution in [0.2, 0.25) is 10.0 Å². The molecule has 0 radical (unpaired) electrons. The van der Waals surface area contributed by atoms with Crippen LogP contribution in [0.1, 0.15) is 18.5 Å². The number of carbonyl (C=O) groups excluding carboxylic acids is 1. The fourth-order valence-corrected chi connectivity index (χ4v) is 2.37. The van der Waals surface area contributed by atoms with E-state index in [0.717, 1.165) is 0 Å². The van der Waals surface area contributed by atoms with Gasteiger partial charge in [0.15, 0.2) is 0 Å². The Morgan fingerprint density at radius 1 is 1.37 bits per heavy atom. The highest BCUT2D eigenvalue weighted by molar-refractivity contribution is 6.42. The molecule has 1 unspecified atom stereocenters. The number of nitrogens with one attached hydrogen (secondary N) is 2. The molecule has 0 saturated heterocycles. The number of hydrogen-bond donors (Lipinski definition) is 3. The van der Waals surface area contributed by atoms with Crippen LogP contribution in [0.5, 0.6) is 0 Å². The van der Waals surface area contributed by atoms with E-state index < -0.39 is 18.0 Å². The van der Waals surface area contributed by atoms with Gasteiger partial charge in [-0.2, -0.15) is 0 Å². The van der Waals surface area contributed by atoms with E-state index in [1.54, 1.807) is 18.2 Å². The first-order valence-electron chi connectivity index (χ1n) is 5.37. The fourth-order valence-electron chi connectivity index (χ4n) is 1.95. The summed E-state index contributed by atoms with van der Waals surface area (Å²) in [5, 5.41) is 14.7. The Hall–Kier alpha value is -1.72. The third-order valence-electron chi connectivity index (χ3n) is 2.79. The lowest BCUT2D eigenvalue weighted by molar-refractivity contribution is -0.133. The van der Waals surface area contributed by atoms with Crippen LogP contribution in [0.25, 0.3) is 0 Å². The number of carboxylic acids is 1. The predicted molar refractivity (Wildman–Crippen MR) is 71.2 cm³/mol. The van der Waals surface area contributed by atoms with E-state index in [-0.39, 0.29) is 16.3 Å². The van der Waals surface area contributed by atoms with Crippen molar-refractivity contribution < 1.29 is 14.7 Å². The average Bonchev–Trinajstić information content (AvgIpc) is 2.31. The summed E-state index contributed by atoms with van der Waals surface area (Å²) in [6.07, 6.45) is 0. The summed E-state index contributed by atoms with van der Waals surface area (Å²) in [7, 11) is 0. The SMILES string of the molecule is CC1=C(C(=O)O)C(c2cccc(Cl)c2Cl)NC(=O)N1. The molecule has 1 aliphatic heterocycles. The second kappa shape index (κ2) is 5.11. The molecule has 100 valence electrons. The normalized spacial score (nSPS) is 18.9. The third kappa shape index (κ3) is 2.52. The van der Waals surface area contributed by atoms with Gasteiger partial charge in [0, 0.05) is 5.70 Å². The summed E-state index contributed by atoms with van der Waals surface area (Å²) in [6, 6.07) is 3.54. The Bertz CT molecular complexity index is 599. The molecule has 2 rings (SSSR count). The standard InChI is InChI=1S/C12H10Cl2N2O3/c1-5-8(11(17)18)10(16-12(19)15-5)6-3-2-4-7(13)9(6)14/h2-4,10H,1H3,(H,17,18)(H2,15,16,19). The molecule has 1 heterocycles. The molecule has 5 nitrogen and oxygen atoms in total. The minimum atomic E-state index is -1.13. The maximum absolute atomic E-state index is 11.5. The number of hydrogen-bond acceptors (Lipinski definition) is 2. The van der Waals surface area contributed by atoms with E-state index in [0.29, 0.717) is 10.6 Å². The molecule has 2 amide bonds. The Morgan fingerprint density at radius 2 is 2.05 bits per heavy atom. The van der Waals surface area contributed by atoms with Crippen molar-refractivity contribution in [2.45, 2.75) is 13.0 Å². The Kier molecular flexibility index (Phi) is 3.68. The van der Waals surface area contributed by atoms with Gasteiger partial charge in [-0.25, -0.2) is 9.59 Å². The molecule has 0 aliphatic carbocycles. The summed E-state index contributed by atoms with van der Waals surface area (Å²) in [5.41, 5.74) is 0.752. The Labute approximate surface area is 119 Å². The summed E-state index contributed by atoms with van der Waals surface area (Å²) < 4.78 is 0. The molecule has 7 heteroatoms. The average molecular weight is 301 g/mol. The smallest absolute Gasteiger partial charge is 0.335 e. The van der Waals surface area contributed by atoms with Gasteiger partial charge in [0.25, 0.3) is 0 Å². The molecular formula is C12H10Cl2N2O3. The van der Waals surface area contributed by atoms with E-state index >= 15 is 0 Å². The van der Waals surface area contributed by atoms with Crippen LogP contribution in [0.4, 0.5) is 4.79 Å². The number of carbonyl (C=O) groups is 2. The minimum absolute atomic E-state index is 0.0313. The molecule has 1 atom stereocenters. The minimum Gasteiger partial charge on any atom is -0.478 e. The summed E-state index contributed by atoms with van der Waals surface area (Å²) in [5.74, 6) is -1.13. The fraction of sp³-hybridized carbons (Fsp3) is 0.167. The first-order valence-corrected chi connectivity index (χ1v) is 6.13. The number of benzene rings is 1. The van der Waals surface area contributed by atoms with Crippen molar-refractivity contribution in [3.05, 3.63) is 45.1 Å². The predicted octanol–water partition coefficient (Wildman–Crippen LogP) is 2.71. The van der Waals surface area contributed by atoms with Crippen molar-refractivity contribution in [2.75, 3.05) is 0 Å². The number of aliphatic carboxylic acids is 1. The topological polar surface area (TPSA) is 78.4 Å². The van der Waals surface area contributed by atoms with E-state index in [1.807, 2.05) is 0 Å². The quantitative estimate of drug-likeness (QED) is 0.786. The van der Waals surface area contributed by atoms with E-state index in [9.17, 15) is 14.7 Å². The number of carboxylic acid groups (broad SMARTS) is 1. The third-order valence-corrected chi connectivity index (χ3v) is 3.63. The van der Waals surface area contributed by atoms with Gasteiger partial charge in [-0.15, -0.1) is 0 Å². The van der Waals surface area contributed by atoms with Crippen LogP contribution < -0.4 is 10.6 Å². The molecule has 0 spiro atoms. The van der Waals surface area contributed by atoms with Gasteiger partial charge < -0.3 is 15.7 Å². The van der Waals surface area contributed by atoms with Crippen molar-refractivity contribution in [1.82, 2.24) is 10.6 Å². The molecule has 3 N–H and O–H groups in total. The van der Waals surface area contributed by atoms with E-state index in [1.165, 1.54) is 6.92 Å². The van der Waals surface area contributed by atoms with Gasteiger partial charge in [-0.1, -0.05) is 35.3 Å². The van der Waals surface area contributed by atoms with Crippen molar-refractivity contribution in [3.8, 4) is 0 Å². The zero-order valence-corrected chi connectivity index (χ0v) is 11.3. The molecular weight excluding hydrogens is 291 g/mol. The van der Waals surface area contributed by atoms with Crippen molar-refractivity contribution >= 4 is 35.2 Å². The zero-order valence-electron chi connectivity index (χ0n) is 9.83. The maximum Gasteiger partial charge on any atom is 0.335 e. The number of rotatable bonds is 2. The summed E-state index contributed by atoms with van der Waals surface area (Å²) >= 11 is 12.0. The molecule has 19 heavy (non-hydrogen) atoms. The van der Waals surface area contributed by atoms with E-state index in [4.69, 9.17) is 23.2 Å². The number of halogens is 2. The van der Waals surface area contributed by atoms with Crippen LogP contribution in [0.15, 0.2) is 29.5 Å². The van der Waals surface area contributed by atoms with Crippen LogP contribution in [0, 0.1) is 0 Å². The van der Waals surface area contributed by atoms with Crippen LogP contribution >= 0.6 is 23.2 Å². The van der Waals surface area contributed by atoms with Gasteiger partial charge in [0.1, 0.15) is 0 Å². The summed E-state index contributed by atoms with van der Waals surface area (Å²) in [6.45, 7) is 1.52. The monoisotopic (exact) mass is 300 g/mol. The largest absolute Gasteiger partial charge is 0.478 e. The molecule has 1 aromatic rings. The van der Waals surface area contributed by atoms with Gasteiger partial charge in [0.05, 0.1) is 21.7 Å². The van der Waals surface area contributed by atoms with Gasteiger partial charge >= 0.3 is 12.0 Å². The first kappa shape index (κ1) is 13.7. The second-order valence-corrected chi connectivity index (χ2v) is 4.80. The van der Waals surface area contributed by atoms with Crippen LogP contribution in [-0.4, -0.2) is 17.1 Å². The lowest BCUT2D eigenvalue weighted by Gasteiger charge is -2.27. The number of urea groups is 1. The van der Waals surface area contributed by atoms with Gasteiger partial charge in [-0.05, 0) is 18.6 Å². The summed E-state index contributed by atoms with van der Waals surface area (Å²) in [4.78, 5) is 22.8. The first-order chi connectivity index (χ1) is 8.91. The molecule has 0 bridgehead atoms. The number of allylic oxidation sites excluding steroid dienone is 1. The lowest BCUT2D eigenvalue weighted by Crippen LogP contribution is -2.45. The highest BCUT2D eigenvalue weighted by atomic mass is 35.5. The highest BCUT2D eigenvalue weighted by Crippen LogP contribution is 2.35. The number of amides is 2. The Balaban J connectivity index is 2.58. The van der Waals surface area contributed by atoms with Crippen LogP contribution in [-0.2, 0) is 4.79 Å². The molecule has 0 saturated carbocycles. The maximum atomic E-state index is 11.5. The van der Waals surface area contributed by atoms with Crippen LogP contribution in [0.3, 0.4) is 0 Å². The molecule has 1 aliphatic rings. The lowest BCUT2D eigenvalue weighted by atomic mass is 9.95. The second-order valence-electron chi connectivity index (χ2n) is 4.02. The van der Waals surface area contributed by atoms with E-state index in [2.05, 4.69) is 10.6 Å².